The van der Waals surface area contributed by atoms with Gasteiger partial charge in [-0.25, -0.2) is 4.79 Å². The molecule has 0 aliphatic carbocycles. The van der Waals surface area contributed by atoms with Gasteiger partial charge in [0.1, 0.15) is 23.9 Å². The first kappa shape index (κ1) is 33.8. The van der Waals surface area contributed by atoms with Crippen molar-refractivity contribution in [3.8, 4) is 5.75 Å². The number of primary amides is 1. The van der Waals surface area contributed by atoms with Crippen LogP contribution < -0.4 is 33.2 Å². The number of aliphatic carboxylic acids is 2. The van der Waals surface area contributed by atoms with Gasteiger partial charge in [0.15, 0.2) is 0 Å². The maximum atomic E-state index is 13.2. The number of amides is 4. The van der Waals surface area contributed by atoms with Crippen molar-refractivity contribution in [2.24, 2.45) is 17.2 Å². The van der Waals surface area contributed by atoms with Crippen LogP contribution in [0.1, 0.15) is 50.5 Å². The molecule has 4 atom stereocenters. The normalized spacial score (nSPS) is 13.8. The van der Waals surface area contributed by atoms with Gasteiger partial charge < -0.3 is 48.5 Å². The summed E-state index contributed by atoms with van der Waals surface area (Å²) in [6, 6.07) is 0.500. The molecule has 0 aliphatic heterocycles. The number of carbonyl (C=O) groups excluding carboxylic acids is 4. The number of rotatable bonds is 19. The van der Waals surface area contributed by atoms with Crippen LogP contribution >= 0.6 is 0 Å². The van der Waals surface area contributed by atoms with Crippen LogP contribution in [0.3, 0.4) is 0 Å². The standard InChI is InChI=1S/C25H38N6O9/c26-12-2-1-3-18(25(39)40)30-24(38)19(13-14-4-6-15(32)7-5-14)31-23(37)17(9-11-21(34)35)29-22(36)16(27)8-10-20(28)33/h4-7,16-19,32H,1-3,8-13,26-27H2,(H2,28,33)(H,29,36)(H,30,38)(H,31,37)(H,34,35)(H,39,40). The molecule has 4 amide bonds. The van der Waals surface area contributed by atoms with Gasteiger partial charge in [0, 0.05) is 19.3 Å². The second-order valence-electron chi connectivity index (χ2n) is 9.22. The summed E-state index contributed by atoms with van der Waals surface area (Å²) in [7, 11) is 0. The lowest BCUT2D eigenvalue weighted by atomic mass is 10.0. The Bertz CT molecular complexity index is 1030. The van der Waals surface area contributed by atoms with Gasteiger partial charge in [-0.15, -0.1) is 0 Å². The molecule has 0 radical (unpaired) electrons. The highest BCUT2D eigenvalue weighted by Gasteiger charge is 2.31. The summed E-state index contributed by atoms with van der Waals surface area (Å²) in [5, 5.41) is 35.4. The molecule has 4 unspecified atom stereocenters. The zero-order chi connectivity index (χ0) is 30.2. The van der Waals surface area contributed by atoms with Gasteiger partial charge in [-0.2, -0.15) is 0 Å². The number of phenols is 1. The maximum absolute atomic E-state index is 13.2. The highest BCUT2D eigenvalue weighted by molar-refractivity contribution is 5.94. The van der Waals surface area contributed by atoms with Crippen molar-refractivity contribution in [2.45, 2.75) is 75.5 Å². The lowest BCUT2D eigenvalue weighted by molar-refractivity contribution is -0.142. The molecule has 1 aromatic rings. The van der Waals surface area contributed by atoms with Crippen molar-refractivity contribution in [2.75, 3.05) is 6.54 Å². The summed E-state index contributed by atoms with van der Waals surface area (Å²) in [4.78, 5) is 72.7. The van der Waals surface area contributed by atoms with E-state index in [4.69, 9.17) is 22.3 Å². The number of benzene rings is 1. The average molecular weight is 567 g/mol. The van der Waals surface area contributed by atoms with Gasteiger partial charge in [0.2, 0.25) is 23.6 Å². The lowest BCUT2D eigenvalue weighted by Crippen LogP contribution is -2.57. The fourth-order valence-electron chi connectivity index (χ4n) is 3.62. The zero-order valence-corrected chi connectivity index (χ0v) is 22.0. The highest BCUT2D eigenvalue weighted by atomic mass is 16.4. The van der Waals surface area contributed by atoms with Crippen molar-refractivity contribution >= 4 is 35.6 Å². The molecule has 15 heteroatoms. The summed E-state index contributed by atoms with van der Waals surface area (Å²) < 4.78 is 0. The molecule has 0 aliphatic rings. The summed E-state index contributed by atoms with van der Waals surface area (Å²) in [5.41, 5.74) is 16.8. The number of hydrogen-bond donors (Lipinski definition) is 9. The second-order valence-corrected chi connectivity index (χ2v) is 9.22. The molecule has 0 heterocycles. The SMILES string of the molecule is NCCCCC(NC(=O)C(Cc1ccc(O)cc1)NC(=O)C(CCC(=O)O)NC(=O)C(N)CCC(N)=O)C(=O)O. The molecule has 0 bridgehead atoms. The van der Waals surface area contributed by atoms with Crippen molar-refractivity contribution in [1.29, 1.82) is 0 Å². The van der Waals surface area contributed by atoms with Crippen LogP contribution in [0.5, 0.6) is 5.75 Å². The first-order valence-electron chi connectivity index (χ1n) is 12.7. The molecule has 12 N–H and O–H groups in total. The van der Waals surface area contributed by atoms with Crippen molar-refractivity contribution in [3.05, 3.63) is 29.8 Å². The van der Waals surface area contributed by atoms with Gasteiger partial charge in [-0.1, -0.05) is 12.1 Å². The molecular weight excluding hydrogens is 528 g/mol. The molecule has 0 aromatic heterocycles. The smallest absolute Gasteiger partial charge is 0.326 e. The van der Waals surface area contributed by atoms with Crippen molar-refractivity contribution < 1.29 is 44.1 Å². The van der Waals surface area contributed by atoms with Crippen molar-refractivity contribution in [1.82, 2.24) is 16.0 Å². The Morgan fingerprint density at radius 2 is 1.32 bits per heavy atom. The van der Waals surface area contributed by atoms with Gasteiger partial charge in [-0.05, 0) is 56.3 Å². The third-order valence-electron chi connectivity index (χ3n) is 5.89. The number of unbranched alkanes of at least 4 members (excludes halogenated alkanes) is 1. The predicted octanol–water partition coefficient (Wildman–Crippen LogP) is -1.94. The van der Waals surface area contributed by atoms with E-state index in [1.165, 1.54) is 24.3 Å². The number of carboxylic acid groups (broad SMARTS) is 2. The summed E-state index contributed by atoms with van der Waals surface area (Å²) >= 11 is 0. The van der Waals surface area contributed by atoms with Crippen LogP contribution in [-0.4, -0.2) is 81.6 Å². The van der Waals surface area contributed by atoms with Crippen LogP contribution in [-0.2, 0) is 35.2 Å². The summed E-state index contributed by atoms with van der Waals surface area (Å²) in [5.74, 6) is -5.83. The van der Waals surface area contributed by atoms with E-state index < -0.39 is 66.2 Å². The third kappa shape index (κ3) is 13.0. The number of phenolic OH excluding ortho intramolecular Hbond substituents is 1. The quantitative estimate of drug-likeness (QED) is 0.0830. The minimum atomic E-state index is -1.42. The molecule has 0 saturated heterocycles. The molecule has 40 heavy (non-hydrogen) atoms. The zero-order valence-electron chi connectivity index (χ0n) is 22.0. The van der Waals surface area contributed by atoms with Crippen LogP contribution in [0, 0.1) is 0 Å². The molecule has 0 fully saturated rings. The van der Waals surface area contributed by atoms with Crippen LogP contribution in [0.4, 0.5) is 0 Å². The van der Waals surface area contributed by atoms with Crippen LogP contribution in [0.2, 0.25) is 0 Å². The molecule has 0 spiro atoms. The Balaban J connectivity index is 3.15. The number of nitrogens with two attached hydrogens (primary N) is 3. The van der Waals surface area contributed by atoms with E-state index in [1.54, 1.807) is 0 Å². The highest BCUT2D eigenvalue weighted by Crippen LogP contribution is 2.13. The third-order valence-corrected chi connectivity index (χ3v) is 5.89. The molecular formula is C25H38N6O9. The minimum Gasteiger partial charge on any atom is -0.508 e. The topological polar surface area (TPSA) is 277 Å². The lowest BCUT2D eigenvalue weighted by Gasteiger charge is -2.25. The molecule has 222 valence electrons. The average Bonchev–Trinajstić information content (AvgIpc) is 2.89. The number of aromatic hydroxyl groups is 1. The minimum absolute atomic E-state index is 0.0382. The van der Waals surface area contributed by atoms with Gasteiger partial charge >= 0.3 is 11.9 Å². The molecule has 1 rings (SSSR count). The van der Waals surface area contributed by atoms with E-state index in [2.05, 4.69) is 16.0 Å². The Hall–Kier alpha value is -4.24. The van der Waals surface area contributed by atoms with E-state index >= 15 is 0 Å². The Morgan fingerprint density at radius 3 is 1.88 bits per heavy atom. The number of carbonyl (C=O) groups is 6. The predicted molar refractivity (Wildman–Crippen MR) is 141 cm³/mol. The van der Waals surface area contributed by atoms with Gasteiger partial charge in [-0.3, -0.25) is 24.0 Å². The monoisotopic (exact) mass is 566 g/mol. The number of carboxylic acids is 2. The molecule has 15 nitrogen and oxygen atoms in total. The van der Waals surface area contributed by atoms with Crippen LogP contribution in [0.15, 0.2) is 24.3 Å². The van der Waals surface area contributed by atoms with E-state index in [1.807, 2.05) is 0 Å². The van der Waals surface area contributed by atoms with E-state index in [9.17, 15) is 39.0 Å². The number of hydrogen-bond acceptors (Lipinski definition) is 9. The number of nitrogens with one attached hydrogen (secondary N) is 3. The van der Waals surface area contributed by atoms with E-state index in [0.29, 0.717) is 24.9 Å². The Labute approximate surface area is 230 Å². The van der Waals surface area contributed by atoms with Gasteiger partial charge in [0.05, 0.1) is 6.04 Å². The maximum Gasteiger partial charge on any atom is 0.326 e. The second kappa shape index (κ2) is 17.4. The largest absolute Gasteiger partial charge is 0.508 e. The molecule has 1 aromatic carbocycles. The first-order valence-corrected chi connectivity index (χ1v) is 12.7. The Kier molecular flexibility index (Phi) is 14.7. The van der Waals surface area contributed by atoms with E-state index in [0.717, 1.165) is 0 Å². The molecule has 0 saturated carbocycles. The fraction of sp³-hybridized carbons (Fsp3) is 0.520. The van der Waals surface area contributed by atoms with Crippen molar-refractivity contribution in [3.63, 3.8) is 0 Å². The Morgan fingerprint density at radius 1 is 0.750 bits per heavy atom. The fourth-order valence-corrected chi connectivity index (χ4v) is 3.62. The first-order chi connectivity index (χ1) is 18.8. The summed E-state index contributed by atoms with van der Waals surface area (Å²) in [6.45, 7) is 0.343. The van der Waals surface area contributed by atoms with Crippen LogP contribution in [0.25, 0.3) is 0 Å². The van der Waals surface area contributed by atoms with Gasteiger partial charge in [0.25, 0.3) is 0 Å². The van der Waals surface area contributed by atoms with E-state index in [-0.39, 0.29) is 37.9 Å². The summed E-state index contributed by atoms with van der Waals surface area (Å²) in [6.07, 6.45) is -0.205.